The topological polar surface area (TPSA) is 53.7 Å². The van der Waals surface area contributed by atoms with E-state index in [4.69, 9.17) is 31.5 Å². The summed E-state index contributed by atoms with van der Waals surface area (Å²) in [7, 11) is 3.18. The van der Waals surface area contributed by atoms with Gasteiger partial charge >= 0.3 is 0 Å². The van der Waals surface area contributed by atoms with Crippen LogP contribution in [-0.2, 0) is 13.2 Å². The van der Waals surface area contributed by atoms with Crippen LogP contribution in [0.4, 0.5) is 0 Å². The molecule has 0 heterocycles. The van der Waals surface area contributed by atoms with Crippen LogP contribution in [-0.4, -0.2) is 14.2 Å². The Labute approximate surface area is 129 Å². The zero-order valence-corrected chi connectivity index (χ0v) is 12.8. The number of nitrogens with two attached hydrogens (primary N) is 1. The van der Waals surface area contributed by atoms with Crippen molar-refractivity contribution in [2.24, 2.45) is 5.73 Å². The van der Waals surface area contributed by atoms with Gasteiger partial charge in [-0.1, -0.05) is 23.7 Å². The van der Waals surface area contributed by atoms with Gasteiger partial charge in [-0.2, -0.15) is 0 Å². The maximum atomic E-state index is 5.86. The van der Waals surface area contributed by atoms with Gasteiger partial charge in [-0.15, -0.1) is 0 Å². The van der Waals surface area contributed by atoms with E-state index in [0.29, 0.717) is 35.4 Å². The lowest BCUT2D eigenvalue weighted by Crippen LogP contribution is -2.03. The van der Waals surface area contributed by atoms with Crippen molar-refractivity contribution in [3.63, 3.8) is 0 Å². The number of methoxy groups -OCH3 is 2. The molecule has 5 heteroatoms. The number of benzene rings is 2. The molecule has 0 atom stereocenters. The van der Waals surface area contributed by atoms with E-state index in [1.807, 2.05) is 36.4 Å². The Morgan fingerprint density at radius 2 is 1.52 bits per heavy atom. The van der Waals surface area contributed by atoms with Crippen LogP contribution in [0.2, 0.25) is 5.02 Å². The van der Waals surface area contributed by atoms with Crippen molar-refractivity contribution in [1.82, 2.24) is 0 Å². The van der Waals surface area contributed by atoms with Crippen LogP contribution in [0.25, 0.3) is 0 Å². The predicted octanol–water partition coefficient (Wildman–Crippen LogP) is 3.39. The molecular formula is C16H18ClNO3. The van der Waals surface area contributed by atoms with Crippen molar-refractivity contribution < 1.29 is 14.2 Å². The Hall–Kier alpha value is -1.91. The van der Waals surface area contributed by atoms with E-state index < -0.39 is 0 Å². The van der Waals surface area contributed by atoms with Gasteiger partial charge in [-0.3, -0.25) is 0 Å². The van der Waals surface area contributed by atoms with E-state index in [2.05, 4.69) is 0 Å². The van der Waals surface area contributed by atoms with E-state index in [1.165, 1.54) is 0 Å². The molecule has 0 fully saturated rings. The van der Waals surface area contributed by atoms with E-state index in [9.17, 15) is 0 Å². The van der Waals surface area contributed by atoms with Gasteiger partial charge in [0.25, 0.3) is 0 Å². The van der Waals surface area contributed by atoms with Gasteiger partial charge in [0.05, 0.1) is 14.2 Å². The first-order valence-corrected chi connectivity index (χ1v) is 6.88. The lowest BCUT2D eigenvalue weighted by atomic mass is 10.2. The molecule has 0 saturated heterocycles. The molecule has 0 aromatic heterocycles. The normalized spacial score (nSPS) is 10.3. The number of hydrogen-bond donors (Lipinski definition) is 1. The Bertz CT molecular complexity index is 574. The highest BCUT2D eigenvalue weighted by Gasteiger charge is 2.14. The summed E-state index contributed by atoms with van der Waals surface area (Å²) >= 11 is 5.86. The first-order chi connectivity index (χ1) is 10.2. The molecule has 0 aliphatic carbocycles. The van der Waals surface area contributed by atoms with Crippen molar-refractivity contribution >= 4 is 11.6 Å². The standard InChI is InChI=1S/C16H18ClNO3/c1-19-14-7-12(9-18)8-15(20-2)16(14)21-10-11-3-5-13(17)6-4-11/h3-8H,9-10,18H2,1-2H3. The van der Waals surface area contributed by atoms with Crippen molar-refractivity contribution in [2.45, 2.75) is 13.2 Å². The lowest BCUT2D eigenvalue weighted by molar-refractivity contribution is 0.265. The molecule has 2 aromatic carbocycles. The van der Waals surface area contributed by atoms with E-state index >= 15 is 0 Å². The van der Waals surface area contributed by atoms with Gasteiger partial charge in [0.1, 0.15) is 6.61 Å². The summed E-state index contributed by atoms with van der Waals surface area (Å²) in [6.07, 6.45) is 0. The summed E-state index contributed by atoms with van der Waals surface area (Å²) in [6.45, 7) is 0.802. The third kappa shape index (κ3) is 3.80. The second kappa shape index (κ2) is 7.20. The third-order valence-corrected chi connectivity index (χ3v) is 3.30. The summed E-state index contributed by atoms with van der Waals surface area (Å²) in [5.41, 5.74) is 7.59. The molecule has 2 rings (SSSR count). The second-order valence-corrected chi connectivity index (χ2v) is 4.89. The second-order valence-electron chi connectivity index (χ2n) is 4.45. The molecule has 112 valence electrons. The fourth-order valence-electron chi connectivity index (χ4n) is 1.93. The molecule has 2 aromatic rings. The molecule has 0 radical (unpaired) electrons. The number of rotatable bonds is 6. The van der Waals surface area contributed by atoms with Gasteiger partial charge < -0.3 is 19.9 Å². The third-order valence-electron chi connectivity index (χ3n) is 3.05. The van der Waals surface area contributed by atoms with Gasteiger partial charge in [0.2, 0.25) is 5.75 Å². The first-order valence-electron chi connectivity index (χ1n) is 6.50. The fourth-order valence-corrected chi connectivity index (χ4v) is 2.06. The monoisotopic (exact) mass is 307 g/mol. The minimum Gasteiger partial charge on any atom is -0.493 e. The predicted molar refractivity (Wildman–Crippen MR) is 83.2 cm³/mol. The highest BCUT2D eigenvalue weighted by atomic mass is 35.5. The fraction of sp³-hybridized carbons (Fsp3) is 0.250. The van der Waals surface area contributed by atoms with Gasteiger partial charge in [-0.05, 0) is 35.4 Å². The molecular weight excluding hydrogens is 290 g/mol. The Kier molecular flexibility index (Phi) is 5.31. The molecule has 0 bridgehead atoms. The summed E-state index contributed by atoms with van der Waals surface area (Å²) < 4.78 is 16.6. The molecule has 0 unspecified atom stereocenters. The summed E-state index contributed by atoms with van der Waals surface area (Å²) in [5, 5.41) is 0.696. The average Bonchev–Trinajstić information content (AvgIpc) is 2.53. The highest BCUT2D eigenvalue weighted by molar-refractivity contribution is 6.30. The molecule has 0 amide bonds. The van der Waals surface area contributed by atoms with E-state index in [0.717, 1.165) is 11.1 Å². The van der Waals surface area contributed by atoms with Crippen LogP contribution in [0.1, 0.15) is 11.1 Å². The quantitative estimate of drug-likeness (QED) is 0.888. The van der Waals surface area contributed by atoms with Crippen molar-refractivity contribution in [3.8, 4) is 17.2 Å². The maximum Gasteiger partial charge on any atom is 0.203 e. The van der Waals surface area contributed by atoms with Crippen molar-refractivity contribution in [1.29, 1.82) is 0 Å². The van der Waals surface area contributed by atoms with Crippen LogP contribution in [0.15, 0.2) is 36.4 Å². The number of halogens is 1. The summed E-state index contributed by atoms with van der Waals surface area (Å²) in [5.74, 6) is 1.76. The van der Waals surface area contributed by atoms with E-state index in [1.54, 1.807) is 14.2 Å². The SMILES string of the molecule is COc1cc(CN)cc(OC)c1OCc1ccc(Cl)cc1. The Morgan fingerprint density at radius 3 is 2.00 bits per heavy atom. The van der Waals surface area contributed by atoms with Crippen LogP contribution < -0.4 is 19.9 Å². The number of ether oxygens (including phenoxy) is 3. The molecule has 0 aliphatic rings. The van der Waals surface area contributed by atoms with Gasteiger partial charge in [0, 0.05) is 11.6 Å². The average molecular weight is 308 g/mol. The van der Waals surface area contributed by atoms with Crippen LogP contribution in [0, 0.1) is 0 Å². The molecule has 21 heavy (non-hydrogen) atoms. The van der Waals surface area contributed by atoms with Gasteiger partial charge in [0.15, 0.2) is 11.5 Å². The van der Waals surface area contributed by atoms with Crippen LogP contribution >= 0.6 is 11.6 Å². The largest absolute Gasteiger partial charge is 0.493 e. The van der Waals surface area contributed by atoms with Gasteiger partial charge in [-0.25, -0.2) is 0 Å². The zero-order valence-electron chi connectivity index (χ0n) is 12.1. The van der Waals surface area contributed by atoms with Crippen LogP contribution in [0.3, 0.4) is 0 Å². The Balaban J connectivity index is 2.23. The van der Waals surface area contributed by atoms with Crippen molar-refractivity contribution in [3.05, 3.63) is 52.5 Å². The van der Waals surface area contributed by atoms with E-state index in [-0.39, 0.29) is 0 Å². The minimum atomic E-state index is 0.395. The number of hydrogen-bond acceptors (Lipinski definition) is 4. The molecule has 0 aliphatic heterocycles. The summed E-state index contributed by atoms with van der Waals surface area (Å²) in [4.78, 5) is 0. The first kappa shape index (κ1) is 15.5. The maximum absolute atomic E-state index is 5.86. The molecule has 0 saturated carbocycles. The highest BCUT2D eigenvalue weighted by Crippen LogP contribution is 2.39. The summed E-state index contributed by atoms with van der Waals surface area (Å²) in [6, 6.07) is 11.2. The van der Waals surface area contributed by atoms with Crippen molar-refractivity contribution in [2.75, 3.05) is 14.2 Å². The minimum absolute atomic E-state index is 0.395. The Morgan fingerprint density at radius 1 is 0.952 bits per heavy atom. The molecule has 2 N–H and O–H groups in total. The lowest BCUT2D eigenvalue weighted by Gasteiger charge is -2.16. The zero-order chi connectivity index (χ0) is 15.2. The van der Waals surface area contributed by atoms with Crippen LogP contribution in [0.5, 0.6) is 17.2 Å². The smallest absolute Gasteiger partial charge is 0.203 e. The molecule has 4 nitrogen and oxygen atoms in total. The molecule has 0 spiro atoms.